The summed E-state index contributed by atoms with van der Waals surface area (Å²) < 4.78 is 13.7. The second kappa shape index (κ2) is 5.06. The minimum Gasteiger partial charge on any atom is -0.325 e. The van der Waals surface area contributed by atoms with Gasteiger partial charge in [0.15, 0.2) is 0 Å². The van der Waals surface area contributed by atoms with E-state index in [0.717, 1.165) is 0 Å². The number of ketones is 1. The van der Waals surface area contributed by atoms with E-state index in [1.807, 2.05) is 0 Å². The summed E-state index contributed by atoms with van der Waals surface area (Å²) in [6.07, 6.45) is 0.512. The topological polar surface area (TPSA) is 43.1 Å². The Kier molecular flexibility index (Phi) is 4.21. The summed E-state index contributed by atoms with van der Waals surface area (Å²) in [5, 5.41) is 0. The number of rotatable bonds is 4. The van der Waals surface area contributed by atoms with Crippen molar-refractivity contribution in [1.29, 1.82) is 0 Å². The molecule has 0 aromatic heterocycles. The van der Waals surface area contributed by atoms with Gasteiger partial charge in [0, 0.05) is 22.9 Å². The fraction of sp³-hybridized carbons (Fsp3) is 0.417. The lowest BCUT2D eigenvalue weighted by atomic mass is 9.96. The summed E-state index contributed by atoms with van der Waals surface area (Å²) in [6.45, 7) is 3.60. The number of halogens is 2. The Morgan fingerprint density at radius 1 is 1.44 bits per heavy atom. The zero-order chi connectivity index (χ0) is 12.3. The zero-order valence-electron chi connectivity index (χ0n) is 9.39. The second-order valence-corrected chi connectivity index (χ2v) is 5.57. The molecular weight excluding hydrogens is 273 g/mol. The Bertz CT molecular complexity index is 378. The van der Waals surface area contributed by atoms with Crippen molar-refractivity contribution in [3.05, 3.63) is 34.1 Å². The summed E-state index contributed by atoms with van der Waals surface area (Å²) in [5.41, 5.74) is 5.90. The SMILES string of the molecule is CC(C)(N)CC(=O)Cc1cc(F)cc(Br)c1. The highest BCUT2D eigenvalue weighted by Gasteiger charge is 2.16. The van der Waals surface area contributed by atoms with E-state index in [-0.39, 0.29) is 18.0 Å². The molecule has 1 rings (SSSR count). The summed E-state index contributed by atoms with van der Waals surface area (Å²) in [4.78, 5) is 11.6. The van der Waals surface area contributed by atoms with E-state index >= 15 is 0 Å². The van der Waals surface area contributed by atoms with Crippen LogP contribution in [0.5, 0.6) is 0 Å². The molecule has 88 valence electrons. The number of hydrogen-bond acceptors (Lipinski definition) is 2. The molecule has 0 spiro atoms. The van der Waals surface area contributed by atoms with Crippen molar-refractivity contribution < 1.29 is 9.18 Å². The quantitative estimate of drug-likeness (QED) is 0.925. The lowest BCUT2D eigenvalue weighted by molar-refractivity contribution is -0.119. The van der Waals surface area contributed by atoms with Gasteiger partial charge in [-0.25, -0.2) is 4.39 Å². The Hall–Kier alpha value is -0.740. The van der Waals surface area contributed by atoms with Gasteiger partial charge in [0.2, 0.25) is 0 Å². The number of carbonyl (C=O) groups excluding carboxylic acids is 1. The Balaban J connectivity index is 2.70. The van der Waals surface area contributed by atoms with Crippen LogP contribution in [0.15, 0.2) is 22.7 Å². The van der Waals surface area contributed by atoms with Gasteiger partial charge in [0.1, 0.15) is 11.6 Å². The first kappa shape index (κ1) is 13.3. The predicted octanol–water partition coefficient (Wildman–Crippen LogP) is 2.83. The smallest absolute Gasteiger partial charge is 0.139 e. The molecule has 2 N–H and O–H groups in total. The molecule has 2 nitrogen and oxygen atoms in total. The van der Waals surface area contributed by atoms with Gasteiger partial charge < -0.3 is 5.73 Å². The normalized spacial score (nSPS) is 11.6. The Morgan fingerprint density at radius 3 is 2.56 bits per heavy atom. The van der Waals surface area contributed by atoms with Crippen molar-refractivity contribution in [1.82, 2.24) is 0 Å². The molecule has 0 atom stereocenters. The Labute approximate surface area is 103 Å². The first-order valence-electron chi connectivity index (χ1n) is 5.02. The summed E-state index contributed by atoms with van der Waals surface area (Å²) in [6, 6.07) is 4.47. The number of Topliss-reactive ketones (excluding diaryl/α,β-unsaturated/α-hetero) is 1. The predicted molar refractivity (Wildman–Crippen MR) is 65.7 cm³/mol. The molecule has 0 aliphatic carbocycles. The molecule has 0 aliphatic heterocycles. The maximum Gasteiger partial charge on any atom is 0.139 e. The van der Waals surface area contributed by atoms with E-state index in [1.54, 1.807) is 19.9 Å². The van der Waals surface area contributed by atoms with Gasteiger partial charge in [-0.3, -0.25) is 4.79 Å². The molecule has 0 saturated heterocycles. The second-order valence-electron chi connectivity index (χ2n) is 4.66. The van der Waals surface area contributed by atoms with Crippen molar-refractivity contribution in [2.45, 2.75) is 32.2 Å². The van der Waals surface area contributed by atoms with Gasteiger partial charge in [-0.1, -0.05) is 15.9 Å². The number of hydrogen-bond donors (Lipinski definition) is 1. The monoisotopic (exact) mass is 287 g/mol. The lowest BCUT2D eigenvalue weighted by Crippen LogP contribution is -2.35. The highest BCUT2D eigenvalue weighted by molar-refractivity contribution is 9.10. The first-order valence-corrected chi connectivity index (χ1v) is 5.81. The molecule has 0 aliphatic rings. The van der Waals surface area contributed by atoms with Gasteiger partial charge in [-0.2, -0.15) is 0 Å². The molecule has 0 heterocycles. The van der Waals surface area contributed by atoms with E-state index in [1.165, 1.54) is 12.1 Å². The molecule has 0 bridgehead atoms. The average molecular weight is 288 g/mol. The van der Waals surface area contributed by atoms with Crippen molar-refractivity contribution >= 4 is 21.7 Å². The van der Waals surface area contributed by atoms with Crippen LogP contribution in [0, 0.1) is 5.82 Å². The molecule has 4 heteroatoms. The number of benzene rings is 1. The van der Waals surface area contributed by atoms with E-state index in [2.05, 4.69) is 15.9 Å². The third-order valence-corrected chi connectivity index (χ3v) is 2.43. The van der Waals surface area contributed by atoms with E-state index in [9.17, 15) is 9.18 Å². The van der Waals surface area contributed by atoms with Crippen LogP contribution in [0.25, 0.3) is 0 Å². The highest BCUT2D eigenvalue weighted by atomic mass is 79.9. The van der Waals surface area contributed by atoms with Crippen molar-refractivity contribution in [2.24, 2.45) is 5.73 Å². The minimum absolute atomic E-state index is 0.0185. The minimum atomic E-state index is -0.512. The summed E-state index contributed by atoms with van der Waals surface area (Å²) in [5.74, 6) is -0.325. The number of carbonyl (C=O) groups is 1. The summed E-state index contributed by atoms with van der Waals surface area (Å²) >= 11 is 3.19. The first-order chi connectivity index (χ1) is 7.26. The fourth-order valence-corrected chi connectivity index (χ4v) is 2.02. The van der Waals surface area contributed by atoms with Crippen LogP contribution in [-0.4, -0.2) is 11.3 Å². The van der Waals surface area contributed by atoms with E-state index in [0.29, 0.717) is 16.5 Å². The van der Waals surface area contributed by atoms with Gasteiger partial charge >= 0.3 is 0 Å². The molecule has 0 fully saturated rings. The molecule has 1 aromatic rings. The van der Waals surface area contributed by atoms with Crippen molar-refractivity contribution in [3.63, 3.8) is 0 Å². The van der Waals surface area contributed by atoms with Crippen LogP contribution in [0.1, 0.15) is 25.8 Å². The largest absolute Gasteiger partial charge is 0.325 e. The van der Waals surface area contributed by atoms with Crippen LogP contribution in [0.3, 0.4) is 0 Å². The maximum absolute atomic E-state index is 13.1. The average Bonchev–Trinajstić information content (AvgIpc) is 1.96. The Morgan fingerprint density at radius 2 is 2.06 bits per heavy atom. The zero-order valence-corrected chi connectivity index (χ0v) is 11.0. The molecular formula is C12H15BrFNO. The highest BCUT2D eigenvalue weighted by Crippen LogP contribution is 2.16. The fourth-order valence-electron chi connectivity index (χ4n) is 1.51. The molecule has 16 heavy (non-hydrogen) atoms. The summed E-state index contributed by atoms with van der Waals surface area (Å²) in [7, 11) is 0. The van der Waals surface area contributed by atoms with Gasteiger partial charge in [-0.05, 0) is 37.6 Å². The van der Waals surface area contributed by atoms with E-state index in [4.69, 9.17) is 5.73 Å². The molecule has 0 saturated carbocycles. The maximum atomic E-state index is 13.1. The van der Waals surface area contributed by atoms with Crippen LogP contribution >= 0.6 is 15.9 Å². The van der Waals surface area contributed by atoms with Crippen LogP contribution < -0.4 is 5.73 Å². The van der Waals surface area contributed by atoms with Gasteiger partial charge in [0.25, 0.3) is 0 Å². The van der Waals surface area contributed by atoms with E-state index < -0.39 is 5.54 Å². The lowest BCUT2D eigenvalue weighted by Gasteiger charge is -2.16. The number of nitrogens with two attached hydrogens (primary N) is 1. The third kappa shape index (κ3) is 4.86. The molecule has 0 unspecified atom stereocenters. The van der Waals surface area contributed by atoms with Gasteiger partial charge in [0.05, 0.1) is 0 Å². The molecule has 1 aromatic carbocycles. The standard InChI is InChI=1S/C12H15BrFNO/c1-12(2,15)7-11(16)5-8-3-9(13)6-10(14)4-8/h3-4,6H,5,7,15H2,1-2H3. The molecule has 0 amide bonds. The van der Waals surface area contributed by atoms with Crippen molar-refractivity contribution in [2.75, 3.05) is 0 Å². The van der Waals surface area contributed by atoms with Crippen LogP contribution in [0.4, 0.5) is 4.39 Å². The third-order valence-electron chi connectivity index (χ3n) is 1.98. The van der Waals surface area contributed by atoms with Crippen molar-refractivity contribution in [3.8, 4) is 0 Å². The van der Waals surface area contributed by atoms with Crippen LogP contribution in [0.2, 0.25) is 0 Å². The van der Waals surface area contributed by atoms with Gasteiger partial charge in [-0.15, -0.1) is 0 Å². The van der Waals surface area contributed by atoms with Crippen LogP contribution in [-0.2, 0) is 11.2 Å². The molecule has 0 radical (unpaired) electrons.